The van der Waals surface area contributed by atoms with Gasteiger partial charge >= 0.3 is 0 Å². The fraction of sp³-hybridized carbons (Fsp3) is 0.385. The second-order valence-electron chi connectivity index (χ2n) is 4.35. The first-order valence-corrected chi connectivity index (χ1v) is 5.93. The fourth-order valence-corrected chi connectivity index (χ4v) is 2.12. The van der Waals surface area contributed by atoms with Gasteiger partial charge in [-0.15, -0.1) is 0 Å². The number of hydrogen-bond donors (Lipinski definition) is 2. The quantitative estimate of drug-likeness (QED) is 0.487. The number of unbranched alkanes of at least 4 members (excludes halogenated alkanes) is 1. The maximum Gasteiger partial charge on any atom is 0.268 e. The van der Waals surface area contributed by atoms with E-state index in [4.69, 9.17) is 5.26 Å². The number of hydrogen-bond acceptors (Lipinski definition) is 4. The zero-order valence-electron chi connectivity index (χ0n) is 10.1. The normalized spacial score (nSPS) is 22.6. The molecule has 1 atom stereocenters. The van der Waals surface area contributed by atoms with E-state index >= 15 is 0 Å². The third-order valence-electron chi connectivity index (χ3n) is 3.19. The van der Waals surface area contributed by atoms with Gasteiger partial charge in [0.1, 0.15) is 0 Å². The monoisotopic (exact) mass is 249 g/mol. The number of Topliss-reactive ketones (excluding diaryl/α,β-unsaturated/α-hetero) is 1. The Labute approximate surface area is 105 Å². The Morgan fingerprint density at radius 1 is 1.33 bits per heavy atom. The van der Waals surface area contributed by atoms with Crippen LogP contribution >= 0.6 is 0 Å². The van der Waals surface area contributed by atoms with Crippen molar-refractivity contribution in [3.05, 3.63) is 29.8 Å². The van der Waals surface area contributed by atoms with Gasteiger partial charge in [0.25, 0.3) is 5.91 Å². The van der Waals surface area contributed by atoms with Gasteiger partial charge in [-0.3, -0.25) is 14.8 Å². The summed E-state index contributed by atoms with van der Waals surface area (Å²) in [5.74, 6) is -1.10. The molecule has 18 heavy (non-hydrogen) atoms. The highest BCUT2D eigenvalue weighted by atomic mass is 17.1. The van der Waals surface area contributed by atoms with Crippen molar-refractivity contribution in [3.8, 4) is 0 Å². The van der Waals surface area contributed by atoms with E-state index in [1.54, 1.807) is 24.3 Å². The van der Waals surface area contributed by atoms with Crippen LogP contribution in [0, 0.1) is 0 Å². The largest absolute Gasteiger partial charge is 0.322 e. The molecule has 0 saturated carbocycles. The number of carbonyl (C=O) groups excluding carboxylic acids is 2. The summed E-state index contributed by atoms with van der Waals surface area (Å²) < 4.78 is 0. The molecule has 0 radical (unpaired) electrons. The van der Waals surface area contributed by atoms with E-state index in [1.165, 1.54) is 0 Å². The minimum atomic E-state index is -1.80. The van der Waals surface area contributed by atoms with Crippen LogP contribution in [-0.4, -0.2) is 22.5 Å². The number of amides is 1. The molecule has 2 rings (SSSR count). The topological polar surface area (TPSA) is 75.6 Å². The predicted octanol–water partition coefficient (Wildman–Crippen LogP) is 2.24. The van der Waals surface area contributed by atoms with Gasteiger partial charge in [0.2, 0.25) is 11.4 Å². The first kappa shape index (κ1) is 12.7. The molecule has 0 saturated heterocycles. The SMILES string of the molecule is CCCCC1(OO)C(=O)Nc2ccccc2C1=O. The van der Waals surface area contributed by atoms with E-state index in [-0.39, 0.29) is 6.42 Å². The van der Waals surface area contributed by atoms with E-state index in [1.807, 2.05) is 6.92 Å². The molecule has 0 aliphatic carbocycles. The smallest absolute Gasteiger partial charge is 0.268 e. The van der Waals surface area contributed by atoms with Gasteiger partial charge in [-0.2, -0.15) is 0 Å². The molecular formula is C13H15NO4. The summed E-state index contributed by atoms with van der Waals surface area (Å²) in [7, 11) is 0. The van der Waals surface area contributed by atoms with Gasteiger partial charge in [0.15, 0.2) is 0 Å². The Morgan fingerprint density at radius 3 is 2.72 bits per heavy atom. The first-order valence-electron chi connectivity index (χ1n) is 5.93. The molecule has 1 heterocycles. The summed E-state index contributed by atoms with van der Waals surface area (Å²) in [6.07, 6.45) is 1.58. The number of nitrogens with one attached hydrogen (secondary N) is 1. The first-order chi connectivity index (χ1) is 8.65. The molecule has 0 spiro atoms. The molecule has 1 amide bonds. The molecule has 5 nitrogen and oxygen atoms in total. The summed E-state index contributed by atoms with van der Waals surface area (Å²) in [5.41, 5.74) is -0.983. The summed E-state index contributed by atoms with van der Waals surface area (Å²) in [5, 5.41) is 11.6. The second kappa shape index (κ2) is 4.88. The molecule has 2 N–H and O–H groups in total. The highest BCUT2D eigenvalue weighted by Crippen LogP contribution is 2.33. The van der Waals surface area contributed by atoms with E-state index in [2.05, 4.69) is 10.2 Å². The lowest BCUT2D eigenvalue weighted by Gasteiger charge is -2.32. The summed E-state index contributed by atoms with van der Waals surface area (Å²) in [6, 6.07) is 6.68. The van der Waals surface area contributed by atoms with Gasteiger partial charge in [-0.05, 0) is 25.0 Å². The van der Waals surface area contributed by atoms with E-state index in [9.17, 15) is 9.59 Å². The molecule has 0 bridgehead atoms. The van der Waals surface area contributed by atoms with Gasteiger partial charge in [-0.25, -0.2) is 4.89 Å². The maximum absolute atomic E-state index is 12.3. The average molecular weight is 249 g/mol. The molecule has 0 aromatic heterocycles. The van der Waals surface area contributed by atoms with Crippen LogP contribution in [0.5, 0.6) is 0 Å². The lowest BCUT2D eigenvalue weighted by atomic mass is 9.83. The zero-order valence-corrected chi connectivity index (χ0v) is 10.1. The minimum absolute atomic E-state index is 0.166. The minimum Gasteiger partial charge on any atom is -0.322 e. The van der Waals surface area contributed by atoms with Gasteiger partial charge in [0, 0.05) is 5.56 Å². The van der Waals surface area contributed by atoms with Crippen LogP contribution < -0.4 is 5.32 Å². The van der Waals surface area contributed by atoms with Crippen LogP contribution in [0.2, 0.25) is 0 Å². The molecule has 96 valence electrons. The Kier molecular flexibility index (Phi) is 3.45. The number of fused-ring (bicyclic) bond motifs is 1. The lowest BCUT2D eigenvalue weighted by Crippen LogP contribution is -2.54. The molecule has 1 aromatic carbocycles. The summed E-state index contributed by atoms with van der Waals surface area (Å²) >= 11 is 0. The van der Waals surface area contributed by atoms with Crippen molar-refractivity contribution in [1.29, 1.82) is 0 Å². The summed E-state index contributed by atoms with van der Waals surface area (Å²) in [6.45, 7) is 1.93. The third-order valence-corrected chi connectivity index (χ3v) is 3.19. The van der Waals surface area contributed by atoms with Crippen LogP contribution in [0.3, 0.4) is 0 Å². The van der Waals surface area contributed by atoms with Crippen LogP contribution in [0.25, 0.3) is 0 Å². The van der Waals surface area contributed by atoms with E-state index in [0.717, 1.165) is 6.42 Å². The van der Waals surface area contributed by atoms with Crippen molar-refractivity contribution in [2.75, 3.05) is 5.32 Å². The Morgan fingerprint density at radius 2 is 2.06 bits per heavy atom. The number of para-hydroxylation sites is 1. The zero-order chi connectivity index (χ0) is 13.2. The van der Waals surface area contributed by atoms with Crippen LogP contribution in [0.15, 0.2) is 24.3 Å². The third kappa shape index (κ3) is 1.81. The van der Waals surface area contributed by atoms with Crippen molar-refractivity contribution in [3.63, 3.8) is 0 Å². The van der Waals surface area contributed by atoms with E-state index in [0.29, 0.717) is 17.7 Å². The highest BCUT2D eigenvalue weighted by Gasteiger charge is 2.51. The van der Waals surface area contributed by atoms with E-state index < -0.39 is 17.3 Å². The van der Waals surface area contributed by atoms with Crippen molar-refractivity contribution < 1.29 is 19.7 Å². The number of benzene rings is 1. The number of ketones is 1. The Hall–Kier alpha value is -1.72. The molecule has 1 aliphatic rings. The number of rotatable bonds is 4. The van der Waals surface area contributed by atoms with Gasteiger partial charge < -0.3 is 5.32 Å². The molecule has 0 fully saturated rings. The molecule has 1 aromatic rings. The van der Waals surface area contributed by atoms with Crippen molar-refractivity contribution in [2.24, 2.45) is 0 Å². The van der Waals surface area contributed by atoms with Gasteiger partial charge in [0.05, 0.1) is 5.69 Å². The predicted molar refractivity (Wildman–Crippen MR) is 65.4 cm³/mol. The van der Waals surface area contributed by atoms with Crippen molar-refractivity contribution in [2.45, 2.75) is 31.8 Å². The Bertz CT molecular complexity index is 486. The fourth-order valence-electron chi connectivity index (χ4n) is 2.12. The highest BCUT2D eigenvalue weighted by molar-refractivity contribution is 6.26. The van der Waals surface area contributed by atoms with Crippen molar-refractivity contribution >= 4 is 17.4 Å². The van der Waals surface area contributed by atoms with Crippen LogP contribution in [0.1, 0.15) is 36.5 Å². The molecule has 5 heteroatoms. The average Bonchev–Trinajstić information content (AvgIpc) is 2.39. The van der Waals surface area contributed by atoms with Crippen LogP contribution in [0.4, 0.5) is 5.69 Å². The Balaban J connectivity index is 2.44. The van der Waals surface area contributed by atoms with Crippen molar-refractivity contribution in [1.82, 2.24) is 0 Å². The molecule has 1 aliphatic heterocycles. The number of carbonyl (C=O) groups is 2. The lowest BCUT2D eigenvalue weighted by molar-refractivity contribution is -0.295. The standard InChI is InChI=1S/C13H15NO4/c1-2-3-8-13(18-17)11(15)9-6-4-5-7-10(9)14-12(13)16/h4-7,17H,2-3,8H2,1H3,(H,14,16). The molecular weight excluding hydrogens is 234 g/mol. The van der Waals surface area contributed by atoms with Gasteiger partial charge in [-0.1, -0.05) is 25.5 Å². The molecule has 1 unspecified atom stereocenters. The van der Waals surface area contributed by atoms with Crippen LogP contribution in [-0.2, 0) is 9.68 Å². The summed E-state index contributed by atoms with van der Waals surface area (Å²) in [4.78, 5) is 28.7. The second-order valence-corrected chi connectivity index (χ2v) is 4.35. The maximum atomic E-state index is 12.3. The number of anilines is 1.